The second-order valence-corrected chi connectivity index (χ2v) is 3.55. The molecule has 0 aliphatic carbocycles. The average molecular weight is 267 g/mol. The average Bonchev–Trinajstić information content (AvgIpc) is 2.15. The smallest absolute Gasteiger partial charge is 0.512 e. The quantitative estimate of drug-likeness (QED) is 0.685. The molecule has 0 aliphatic rings. The minimum absolute atomic E-state index is 0.0578. The molecule has 0 spiro atoms. The van der Waals surface area contributed by atoms with Crippen molar-refractivity contribution in [2.75, 3.05) is 13.2 Å². The number of aliphatic hydroxyl groups excluding tert-OH is 1. The van der Waals surface area contributed by atoms with E-state index >= 15 is 0 Å². The highest BCUT2D eigenvalue weighted by atomic mass is 35.5. The number of halogens is 2. The number of rotatable bonds is 5. The Balaban J connectivity index is 2.89. The van der Waals surface area contributed by atoms with Gasteiger partial charge in [0.05, 0.1) is 16.7 Å². The third-order valence-electron chi connectivity index (χ3n) is 1.55. The predicted molar refractivity (Wildman–Crippen MR) is 59.9 cm³/mol. The molecule has 0 fully saturated rings. The Bertz CT molecular complexity index is 337. The SMILES string of the molecule is OCCOc1c(Cl)cc(OB(O)O)cc1Cl. The molecule has 0 radical (unpaired) electrons. The minimum Gasteiger partial charge on any atom is -0.512 e. The number of benzene rings is 1. The van der Waals surface area contributed by atoms with Gasteiger partial charge in [-0.15, -0.1) is 0 Å². The predicted octanol–water partition coefficient (Wildman–Crippen LogP) is 0.713. The van der Waals surface area contributed by atoms with Gasteiger partial charge in [-0.25, -0.2) is 0 Å². The molecule has 0 aromatic heterocycles. The molecular weight excluding hydrogens is 258 g/mol. The van der Waals surface area contributed by atoms with Crippen LogP contribution in [-0.4, -0.2) is 35.7 Å². The van der Waals surface area contributed by atoms with Crippen molar-refractivity contribution in [3.63, 3.8) is 0 Å². The molecule has 3 N–H and O–H groups in total. The van der Waals surface area contributed by atoms with Crippen LogP contribution in [0.4, 0.5) is 0 Å². The van der Waals surface area contributed by atoms with E-state index in [0.29, 0.717) is 0 Å². The lowest BCUT2D eigenvalue weighted by Gasteiger charge is -2.11. The molecule has 0 amide bonds. The Labute approximate surface area is 102 Å². The number of aliphatic hydroxyl groups is 1. The molecule has 16 heavy (non-hydrogen) atoms. The van der Waals surface area contributed by atoms with E-state index in [1.807, 2.05) is 0 Å². The van der Waals surface area contributed by atoms with Crippen molar-refractivity contribution < 1.29 is 24.5 Å². The van der Waals surface area contributed by atoms with Crippen LogP contribution in [0.5, 0.6) is 11.5 Å². The van der Waals surface area contributed by atoms with Gasteiger partial charge in [0.15, 0.2) is 5.75 Å². The number of ether oxygens (including phenoxy) is 1. The molecule has 0 saturated carbocycles. The van der Waals surface area contributed by atoms with Crippen molar-refractivity contribution in [1.82, 2.24) is 0 Å². The van der Waals surface area contributed by atoms with Crippen molar-refractivity contribution >= 4 is 30.5 Å². The highest BCUT2D eigenvalue weighted by Crippen LogP contribution is 2.36. The summed E-state index contributed by atoms with van der Waals surface area (Å²) >= 11 is 11.6. The van der Waals surface area contributed by atoms with Crippen LogP contribution in [0.3, 0.4) is 0 Å². The molecule has 0 heterocycles. The minimum atomic E-state index is -1.95. The first-order valence-corrected chi connectivity index (χ1v) is 5.05. The van der Waals surface area contributed by atoms with Crippen molar-refractivity contribution in [2.45, 2.75) is 0 Å². The fraction of sp³-hybridized carbons (Fsp3) is 0.250. The maximum absolute atomic E-state index is 8.58. The van der Waals surface area contributed by atoms with Gasteiger partial charge in [-0.1, -0.05) is 23.2 Å². The van der Waals surface area contributed by atoms with Crippen LogP contribution in [0.2, 0.25) is 10.0 Å². The third kappa shape index (κ3) is 3.73. The van der Waals surface area contributed by atoms with E-state index < -0.39 is 7.32 Å². The summed E-state index contributed by atoms with van der Waals surface area (Å²) in [5, 5.41) is 26.0. The summed E-state index contributed by atoms with van der Waals surface area (Å²) in [5.41, 5.74) is 0. The molecular formula is C8H9BCl2O5. The summed E-state index contributed by atoms with van der Waals surface area (Å²) in [6.07, 6.45) is 0. The van der Waals surface area contributed by atoms with Crippen LogP contribution in [0.15, 0.2) is 12.1 Å². The second-order valence-electron chi connectivity index (χ2n) is 2.73. The standard InChI is InChI=1S/C8H9BCl2O5/c10-6-3-5(16-9(13)14)4-7(11)8(6)15-2-1-12/h3-4,12-14H,1-2H2. The van der Waals surface area contributed by atoms with Gasteiger partial charge < -0.3 is 24.5 Å². The first-order valence-electron chi connectivity index (χ1n) is 4.30. The Morgan fingerprint density at radius 3 is 2.19 bits per heavy atom. The van der Waals surface area contributed by atoms with Crippen molar-refractivity contribution in [2.24, 2.45) is 0 Å². The van der Waals surface area contributed by atoms with Gasteiger partial charge in [0.2, 0.25) is 0 Å². The zero-order chi connectivity index (χ0) is 12.1. The van der Waals surface area contributed by atoms with E-state index in [4.69, 9.17) is 43.1 Å². The topological polar surface area (TPSA) is 79.2 Å². The summed E-state index contributed by atoms with van der Waals surface area (Å²) in [5.74, 6) is 0.304. The lowest BCUT2D eigenvalue weighted by atomic mass is 10.2. The van der Waals surface area contributed by atoms with E-state index in [1.54, 1.807) is 0 Å². The van der Waals surface area contributed by atoms with Gasteiger partial charge in [0, 0.05) is 12.1 Å². The molecule has 1 rings (SSSR count). The Morgan fingerprint density at radius 1 is 1.19 bits per heavy atom. The molecule has 0 bridgehead atoms. The molecule has 5 nitrogen and oxygen atoms in total. The van der Waals surface area contributed by atoms with E-state index in [-0.39, 0.29) is 34.8 Å². The lowest BCUT2D eigenvalue weighted by molar-refractivity contribution is 0.201. The van der Waals surface area contributed by atoms with E-state index in [1.165, 1.54) is 12.1 Å². The summed E-state index contributed by atoms with van der Waals surface area (Å²) < 4.78 is 9.65. The van der Waals surface area contributed by atoms with Gasteiger partial charge in [0.25, 0.3) is 0 Å². The second kappa shape index (κ2) is 6.17. The van der Waals surface area contributed by atoms with Gasteiger partial charge in [-0.2, -0.15) is 0 Å². The van der Waals surface area contributed by atoms with Crippen LogP contribution in [0.1, 0.15) is 0 Å². The van der Waals surface area contributed by atoms with E-state index in [2.05, 4.69) is 4.65 Å². The van der Waals surface area contributed by atoms with Gasteiger partial charge in [-0.05, 0) is 0 Å². The normalized spacial score (nSPS) is 10.1. The third-order valence-corrected chi connectivity index (χ3v) is 2.11. The molecule has 0 saturated heterocycles. The summed E-state index contributed by atoms with van der Waals surface area (Å²) in [6.45, 7) is -0.109. The Kier molecular flexibility index (Phi) is 5.17. The van der Waals surface area contributed by atoms with Gasteiger partial charge in [-0.3, -0.25) is 0 Å². The lowest BCUT2D eigenvalue weighted by Crippen LogP contribution is -2.20. The highest BCUT2D eigenvalue weighted by Gasteiger charge is 2.15. The molecule has 0 atom stereocenters. The Morgan fingerprint density at radius 2 is 1.75 bits per heavy atom. The van der Waals surface area contributed by atoms with Crippen molar-refractivity contribution in [3.8, 4) is 11.5 Å². The molecule has 8 heteroatoms. The van der Waals surface area contributed by atoms with E-state index in [0.717, 1.165) is 0 Å². The van der Waals surface area contributed by atoms with Crippen LogP contribution in [-0.2, 0) is 0 Å². The number of hydrogen-bond acceptors (Lipinski definition) is 5. The van der Waals surface area contributed by atoms with E-state index in [9.17, 15) is 0 Å². The van der Waals surface area contributed by atoms with Crippen molar-refractivity contribution in [1.29, 1.82) is 0 Å². The fourth-order valence-corrected chi connectivity index (χ4v) is 1.59. The molecule has 0 aliphatic heterocycles. The summed E-state index contributed by atoms with van der Waals surface area (Å²) in [6, 6.07) is 2.64. The molecule has 1 aromatic rings. The first-order chi connectivity index (χ1) is 7.54. The molecule has 88 valence electrons. The fourth-order valence-electron chi connectivity index (χ4n) is 1.01. The zero-order valence-electron chi connectivity index (χ0n) is 8.06. The first kappa shape index (κ1) is 13.4. The van der Waals surface area contributed by atoms with Crippen molar-refractivity contribution in [3.05, 3.63) is 22.2 Å². The van der Waals surface area contributed by atoms with Gasteiger partial charge in [0.1, 0.15) is 12.4 Å². The summed E-state index contributed by atoms with van der Waals surface area (Å²) in [7, 11) is -1.95. The van der Waals surface area contributed by atoms with Crippen LogP contribution in [0.25, 0.3) is 0 Å². The monoisotopic (exact) mass is 266 g/mol. The van der Waals surface area contributed by atoms with Gasteiger partial charge >= 0.3 is 7.32 Å². The maximum Gasteiger partial charge on any atom is 0.707 e. The summed E-state index contributed by atoms with van der Waals surface area (Å²) in [4.78, 5) is 0. The largest absolute Gasteiger partial charge is 0.707 e. The maximum atomic E-state index is 8.58. The highest BCUT2D eigenvalue weighted by molar-refractivity contribution is 6.38. The molecule has 0 unspecified atom stereocenters. The zero-order valence-corrected chi connectivity index (χ0v) is 9.57. The molecule has 1 aromatic carbocycles. The Hall–Kier alpha value is -0.655. The van der Waals surface area contributed by atoms with Crippen LogP contribution in [0, 0.1) is 0 Å². The number of hydrogen-bond donors (Lipinski definition) is 3. The van der Waals surface area contributed by atoms with Crippen LogP contribution < -0.4 is 9.39 Å². The van der Waals surface area contributed by atoms with Crippen LogP contribution >= 0.6 is 23.2 Å².